The molecule has 0 saturated carbocycles. The Balaban J connectivity index is 1.37. The number of nitrogen functional groups attached to an aromatic ring is 1. The van der Waals surface area contributed by atoms with Gasteiger partial charge in [0.25, 0.3) is 0 Å². The van der Waals surface area contributed by atoms with E-state index in [0.717, 1.165) is 55.4 Å². The van der Waals surface area contributed by atoms with Crippen LogP contribution in [0.5, 0.6) is 17.2 Å². The topological polar surface area (TPSA) is 57.0 Å². The number of ether oxygens (including phenoxy) is 3. The second-order valence-electron chi connectivity index (χ2n) is 6.37. The van der Waals surface area contributed by atoms with Crippen molar-refractivity contribution in [2.45, 2.75) is 25.5 Å². The van der Waals surface area contributed by atoms with Gasteiger partial charge in [0.05, 0.1) is 0 Å². The summed E-state index contributed by atoms with van der Waals surface area (Å²) in [5.74, 6) is 2.57. The molecule has 2 aromatic carbocycles. The van der Waals surface area contributed by atoms with Crippen LogP contribution in [0.1, 0.15) is 18.4 Å². The summed E-state index contributed by atoms with van der Waals surface area (Å²) < 4.78 is 16.9. The van der Waals surface area contributed by atoms with Crippen molar-refractivity contribution in [3.63, 3.8) is 0 Å². The van der Waals surface area contributed by atoms with E-state index in [1.807, 2.05) is 30.3 Å². The lowest BCUT2D eigenvalue weighted by Crippen LogP contribution is -2.40. The highest BCUT2D eigenvalue weighted by Crippen LogP contribution is 2.33. The van der Waals surface area contributed by atoms with E-state index >= 15 is 0 Å². The predicted octanol–water partition coefficient (Wildman–Crippen LogP) is 3.04. The van der Waals surface area contributed by atoms with E-state index in [-0.39, 0.29) is 6.10 Å². The third-order valence-corrected chi connectivity index (χ3v) is 4.49. The molecule has 2 heterocycles. The van der Waals surface area contributed by atoms with Crippen molar-refractivity contribution in [2.24, 2.45) is 0 Å². The Bertz CT molecular complexity index is 702. The molecule has 5 heteroatoms. The van der Waals surface area contributed by atoms with E-state index in [1.165, 1.54) is 5.56 Å². The van der Waals surface area contributed by atoms with Gasteiger partial charge >= 0.3 is 0 Å². The highest BCUT2D eigenvalue weighted by Gasteiger charge is 2.22. The van der Waals surface area contributed by atoms with E-state index < -0.39 is 0 Å². The number of rotatable bonds is 4. The van der Waals surface area contributed by atoms with Crippen LogP contribution in [-0.4, -0.2) is 30.9 Å². The third kappa shape index (κ3) is 3.41. The first-order valence-electron chi connectivity index (χ1n) is 8.39. The van der Waals surface area contributed by atoms with Gasteiger partial charge in [0.2, 0.25) is 6.79 Å². The first-order chi connectivity index (χ1) is 11.8. The first-order valence-corrected chi connectivity index (χ1v) is 8.39. The van der Waals surface area contributed by atoms with Crippen molar-refractivity contribution in [3.8, 4) is 17.2 Å². The molecule has 0 radical (unpaired) electrons. The molecule has 5 nitrogen and oxygen atoms in total. The Labute approximate surface area is 141 Å². The van der Waals surface area contributed by atoms with E-state index in [1.54, 1.807) is 0 Å². The number of piperidine rings is 1. The monoisotopic (exact) mass is 326 g/mol. The predicted molar refractivity (Wildman–Crippen MR) is 92.3 cm³/mol. The van der Waals surface area contributed by atoms with Gasteiger partial charge in [-0.05, 0) is 61.3 Å². The van der Waals surface area contributed by atoms with Gasteiger partial charge in [-0.3, -0.25) is 4.90 Å². The minimum absolute atomic E-state index is 0.219. The fourth-order valence-corrected chi connectivity index (χ4v) is 3.29. The minimum atomic E-state index is 0.219. The molecule has 0 spiro atoms. The van der Waals surface area contributed by atoms with Crippen LogP contribution in [-0.2, 0) is 6.54 Å². The molecular formula is C19H22N2O3. The minimum Gasteiger partial charge on any atom is -0.489 e. The van der Waals surface area contributed by atoms with Crippen LogP contribution in [0, 0.1) is 0 Å². The Morgan fingerprint density at radius 1 is 1.08 bits per heavy atom. The van der Waals surface area contributed by atoms with Gasteiger partial charge < -0.3 is 19.9 Å². The van der Waals surface area contributed by atoms with Crippen LogP contribution in [0.25, 0.3) is 0 Å². The van der Waals surface area contributed by atoms with Crippen LogP contribution >= 0.6 is 0 Å². The van der Waals surface area contributed by atoms with E-state index in [0.29, 0.717) is 6.79 Å². The normalized spacial score (nSPS) is 20.1. The van der Waals surface area contributed by atoms with Crippen LogP contribution in [0.15, 0.2) is 42.5 Å². The largest absolute Gasteiger partial charge is 0.489 e. The summed E-state index contributed by atoms with van der Waals surface area (Å²) in [5, 5.41) is 0. The molecule has 0 unspecified atom stereocenters. The molecule has 126 valence electrons. The van der Waals surface area contributed by atoms with Crippen molar-refractivity contribution < 1.29 is 14.2 Å². The summed E-state index contributed by atoms with van der Waals surface area (Å²) in [5.41, 5.74) is 7.73. The average Bonchev–Trinajstić information content (AvgIpc) is 3.05. The van der Waals surface area contributed by atoms with Crippen LogP contribution in [0.4, 0.5) is 5.69 Å². The molecule has 1 saturated heterocycles. The number of hydrogen-bond acceptors (Lipinski definition) is 5. The Hall–Kier alpha value is -2.40. The lowest BCUT2D eigenvalue weighted by Gasteiger charge is -2.33. The highest BCUT2D eigenvalue weighted by molar-refractivity contribution is 5.44. The molecule has 2 aliphatic heterocycles. The zero-order chi connectivity index (χ0) is 16.4. The summed E-state index contributed by atoms with van der Waals surface area (Å²) >= 11 is 0. The van der Waals surface area contributed by atoms with E-state index in [9.17, 15) is 0 Å². The van der Waals surface area contributed by atoms with Crippen molar-refractivity contribution in [3.05, 3.63) is 48.0 Å². The highest BCUT2D eigenvalue weighted by atomic mass is 16.7. The number of nitrogens with two attached hydrogens (primary N) is 1. The molecule has 2 aliphatic rings. The Kier molecular flexibility index (Phi) is 4.17. The lowest BCUT2D eigenvalue weighted by molar-refractivity contribution is 0.0843. The van der Waals surface area contributed by atoms with Gasteiger partial charge in [0, 0.05) is 18.8 Å². The maximum absolute atomic E-state index is 6.11. The summed E-state index contributed by atoms with van der Waals surface area (Å²) in [6, 6.07) is 13.8. The fourth-order valence-electron chi connectivity index (χ4n) is 3.29. The standard InChI is InChI=1S/C19H22N2O3/c20-15-4-6-16(7-5-15)24-17-2-1-9-21(12-17)11-14-3-8-18-19(10-14)23-13-22-18/h3-8,10,17H,1-2,9,11-13,20H2/t17-/m0/s1. The Morgan fingerprint density at radius 3 is 2.79 bits per heavy atom. The maximum Gasteiger partial charge on any atom is 0.231 e. The van der Waals surface area contributed by atoms with Gasteiger partial charge in [-0.15, -0.1) is 0 Å². The maximum atomic E-state index is 6.11. The molecule has 4 rings (SSSR count). The van der Waals surface area contributed by atoms with E-state index in [2.05, 4.69) is 17.0 Å². The average molecular weight is 326 g/mol. The summed E-state index contributed by atoms with van der Waals surface area (Å²) in [6.07, 6.45) is 2.45. The molecule has 0 aliphatic carbocycles. The van der Waals surface area contributed by atoms with Gasteiger partial charge in [0.15, 0.2) is 11.5 Å². The lowest BCUT2D eigenvalue weighted by atomic mass is 10.1. The summed E-state index contributed by atoms with van der Waals surface area (Å²) in [4.78, 5) is 2.43. The molecule has 2 N–H and O–H groups in total. The molecule has 0 bridgehead atoms. The second kappa shape index (κ2) is 6.61. The molecule has 0 aromatic heterocycles. The van der Waals surface area contributed by atoms with Crippen LogP contribution < -0.4 is 19.9 Å². The molecule has 24 heavy (non-hydrogen) atoms. The molecule has 1 fully saturated rings. The van der Waals surface area contributed by atoms with Crippen molar-refractivity contribution in [1.29, 1.82) is 0 Å². The zero-order valence-corrected chi connectivity index (χ0v) is 13.6. The summed E-state index contributed by atoms with van der Waals surface area (Å²) in [7, 11) is 0. The SMILES string of the molecule is Nc1ccc(O[C@H]2CCCN(Cc3ccc4c(c3)OCO4)C2)cc1. The van der Waals surface area contributed by atoms with Crippen LogP contribution in [0.3, 0.4) is 0 Å². The number of nitrogens with zero attached hydrogens (tertiary/aromatic N) is 1. The number of benzene rings is 2. The van der Waals surface area contributed by atoms with Gasteiger partial charge in [-0.1, -0.05) is 6.07 Å². The summed E-state index contributed by atoms with van der Waals surface area (Å²) in [6.45, 7) is 3.24. The first kappa shape index (κ1) is 15.1. The van der Waals surface area contributed by atoms with Gasteiger partial charge in [0.1, 0.15) is 11.9 Å². The van der Waals surface area contributed by atoms with E-state index in [4.69, 9.17) is 19.9 Å². The number of anilines is 1. The Morgan fingerprint density at radius 2 is 1.92 bits per heavy atom. The quantitative estimate of drug-likeness (QED) is 0.875. The number of fused-ring (bicyclic) bond motifs is 1. The second-order valence-corrected chi connectivity index (χ2v) is 6.37. The zero-order valence-electron chi connectivity index (χ0n) is 13.6. The molecule has 1 atom stereocenters. The van der Waals surface area contributed by atoms with Crippen molar-refractivity contribution >= 4 is 5.69 Å². The smallest absolute Gasteiger partial charge is 0.231 e. The number of hydrogen-bond donors (Lipinski definition) is 1. The van der Waals surface area contributed by atoms with Crippen LogP contribution in [0.2, 0.25) is 0 Å². The van der Waals surface area contributed by atoms with Gasteiger partial charge in [-0.25, -0.2) is 0 Å². The molecular weight excluding hydrogens is 304 g/mol. The third-order valence-electron chi connectivity index (χ3n) is 4.49. The molecule has 0 amide bonds. The van der Waals surface area contributed by atoms with Gasteiger partial charge in [-0.2, -0.15) is 0 Å². The van der Waals surface area contributed by atoms with Crippen molar-refractivity contribution in [1.82, 2.24) is 4.90 Å². The molecule has 2 aromatic rings. The number of likely N-dealkylation sites (tertiary alicyclic amines) is 1. The fraction of sp³-hybridized carbons (Fsp3) is 0.368. The van der Waals surface area contributed by atoms with Crippen molar-refractivity contribution in [2.75, 3.05) is 25.6 Å².